The third-order valence-electron chi connectivity index (χ3n) is 5.23. The summed E-state index contributed by atoms with van der Waals surface area (Å²) < 4.78 is 6.39. The molecule has 9 heteroatoms. The van der Waals surface area contributed by atoms with Crippen molar-refractivity contribution >= 4 is 50.8 Å². The molecule has 7 nitrogen and oxygen atoms in total. The molecule has 0 aliphatic rings. The summed E-state index contributed by atoms with van der Waals surface area (Å²) in [6, 6.07) is 25.1. The summed E-state index contributed by atoms with van der Waals surface area (Å²) in [5.74, 6) is -1.11. The molecule has 1 N–H and O–H groups in total. The second-order valence-electron chi connectivity index (χ2n) is 7.73. The predicted octanol–water partition coefficient (Wildman–Crippen LogP) is 7.07. The van der Waals surface area contributed by atoms with Crippen LogP contribution < -0.4 is 10.1 Å². The lowest BCUT2D eigenvalue weighted by atomic mass is 10.0. The first kappa shape index (κ1) is 25.1. The number of anilines is 1. The first-order valence-electron chi connectivity index (χ1n) is 10.7. The highest BCUT2D eigenvalue weighted by atomic mass is 79.9. The number of esters is 1. The number of nitrogens with one attached hydrogen (secondary N) is 1. The maximum Gasteiger partial charge on any atom is 0.343 e. The number of hydrogen-bond donors (Lipinski definition) is 1. The van der Waals surface area contributed by atoms with Crippen LogP contribution in [-0.4, -0.2) is 16.8 Å². The third kappa shape index (κ3) is 5.97. The average molecular weight is 566 g/mol. The Hall–Kier alpha value is -4.01. The van der Waals surface area contributed by atoms with Crippen molar-refractivity contribution in [1.82, 2.24) is 0 Å². The van der Waals surface area contributed by atoms with Gasteiger partial charge in [0.1, 0.15) is 5.75 Å². The molecule has 0 heterocycles. The van der Waals surface area contributed by atoms with E-state index in [1.54, 1.807) is 36.4 Å². The van der Waals surface area contributed by atoms with Gasteiger partial charge < -0.3 is 10.1 Å². The van der Waals surface area contributed by atoms with Crippen molar-refractivity contribution in [3.63, 3.8) is 0 Å². The minimum Gasteiger partial charge on any atom is -0.422 e. The maximum absolute atomic E-state index is 13.4. The number of rotatable bonds is 7. The summed E-state index contributed by atoms with van der Waals surface area (Å²) in [6.07, 6.45) is 0.399. The van der Waals surface area contributed by atoms with Crippen molar-refractivity contribution in [3.8, 4) is 5.75 Å². The normalized spacial score (nSPS) is 10.5. The molecule has 36 heavy (non-hydrogen) atoms. The lowest BCUT2D eigenvalue weighted by Gasteiger charge is -2.16. The van der Waals surface area contributed by atoms with E-state index in [4.69, 9.17) is 16.3 Å². The number of nitrogens with zero attached hydrogens (tertiary/aromatic N) is 1. The van der Waals surface area contributed by atoms with Gasteiger partial charge in [-0.1, -0.05) is 76.1 Å². The van der Waals surface area contributed by atoms with Gasteiger partial charge in [0.25, 0.3) is 11.6 Å². The maximum atomic E-state index is 13.4. The molecule has 0 fully saturated rings. The van der Waals surface area contributed by atoms with E-state index < -0.39 is 16.8 Å². The lowest BCUT2D eigenvalue weighted by Crippen LogP contribution is -2.18. The van der Waals surface area contributed by atoms with Crippen LogP contribution >= 0.6 is 27.5 Å². The summed E-state index contributed by atoms with van der Waals surface area (Å²) in [7, 11) is 0. The van der Waals surface area contributed by atoms with Crippen LogP contribution in [0.3, 0.4) is 0 Å². The second-order valence-corrected chi connectivity index (χ2v) is 9.06. The summed E-state index contributed by atoms with van der Waals surface area (Å²) in [5.41, 5.74) is 1.96. The van der Waals surface area contributed by atoms with Gasteiger partial charge in [0, 0.05) is 28.6 Å². The number of nitro groups is 1. The van der Waals surface area contributed by atoms with Gasteiger partial charge in [0.05, 0.1) is 26.8 Å². The highest BCUT2D eigenvalue weighted by molar-refractivity contribution is 9.10. The molecule has 0 atom stereocenters. The molecule has 0 aliphatic carbocycles. The zero-order valence-electron chi connectivity index (χ0n) is 18.6. The van der Waals surface area contributed by atoms with Gasteiger partial charge in [-0.15, -0.1) is 0 Å². The van der Waals surface area contributed by atoms with Crippen LogP contribution in [0.15, 0.2) is 95.5 Å². The Morgan fingerprint density at radius 3 is 2.25 bits per heavy atom. The molecule has 0 radical (unpaired) electrons. The van der Waals surface area contributed by atoms with Crippen molar-refractivity contribution in [2.45, 2.75) is 6.42 Å². The van der Waals surface area contributed by atoms with Crippen molar-refractivity contribution in [3.05, 3.63) is 133 Å². The third-order valence-corrected chi connectivity index (χ3v) is 6.00. The molecule has 0 bridgehead atoms. The highest BCUT2D eigenvalue weighted by Crippen LogP contribution is 2.33. The first-order valence-corrected chi connectivity index (χ1v) is 11.9. The highest BCUT2D eigenvalue weighted by Gasteiger charge is 2.23. The molecule has 0 spiro atoms. The minimum atomic E-state index is -0.616. The number of halogens is 2. The Morgan fingerprint density at radius 2 is 1.61 bits per heavy atom. The van der Waals surface area contributed by atoms with E-state index in [9.17, 15) is 19.7 Å². The Kier molecular flexibility index (Phi) is 7.77. The van der Waals surface area contributed by atoms with Gasteiger partial charge in [0.15, 0.2) is 0 Å². The van der Waals surface area contributed by atoms with Gasteiger partial charge in [-0.05, 0) is 35.9 Å². The molecule has 4 aromatic carbocycles. The fourth-order valence-electron chi connectivity index (χ4n) is 3.52. The molecule has 0 saturated carbocycles. The Morgan fingerprint density at radius 1 is 0.944 bits per heavy atom. The van der Waals surface area contributed by atoms with Crippen LogP contribution in [0, 0.1) is 10.1 Å². The van der Waals surface area contributed by atoms with Gasteiger partial charge in [-0.3, -0.25) is 14.9 Å². The summed E-state index contributed by atoms with van der Waals surface area (Å²) >= 11 is 9.61. The minimum absolute atomic E-state index is 0.000105. The number of carbonyl (C=O) groups is 2. The van der Waals surface area contributed by atoms with E-state index in [-0.39, 0.29) is 27.7 Å². The van der Waals surface area contributed by atoms with E-state index >= 15 is 0 Å². The molecule has 0 saturated heterocycles. The van der Waals surface area contributed by atoms with Crippen molar-refractivity contribution < 1.29 is 19.2 Å². The molecule has 4 rings (SSSR count). The standard InChI is InChI=1S/C27H18BrClN2O5/c28-20-14-19(13-17-7-3-1-4-8-17)25(36-27(33)18-9-5-2-6-10-18)22(15-20)26(32)30-24-12-11-21(31(34)35)16-23(24)29/h1-12,14-16H,13H2,(H,30,32). The number of non-ortho nitro benzene ring substituents is 1. The second kappa shape index (κ2) is 11.2. The topological polar surface area (TPSA) is 98.5 Å². The van der Waals surface area contributed by atoms with Gasteiger partial charge in [-0.2, -0.15) is 0 Å². The average Bonchev–Trinajstić information content (AvgIpc) is 2.87. The quantitative estimate of drug-likeness (QED) is 0.112. The van der Waals surface area contributed by atoms with Crippen LogP contribution in [0.25, 0.3) is 0 Å². The molecule has 4 aromatic rings. The van der Waals surface area contributed by atoms with Crippen LogP contribution in [0.4, 0.5) is 11.4 Å². The molecule has 180 valence electrons. The van der Waals surface area contributed by atoms with E-state index in [1.807, 2.05) is 30.3 Å². The Labute approximate surface area is 220 Å². The Bertz CT molecular complexity index is 1450. The zero-order valence-corrected chi connectivity index (χ0v) is 21.0. The number of benzene rings is 4. The van der Waals surface area contributed by atoms with Crippen molar-refractivity contribution in [2.24, 2.45) is 0 Å². The summed E-state index contributed by atoms with van der Waals surface area (Å²) in [5, 5.41) is 13.7. The number of hydrogen-bond acceptors (Lipinski definition) is 5. The van der Waals surface area contributed by atoms with Crippen molar-refractivity contribution in [2.75, 3.05) is 5.32 Å². The monoisotopic (exact) mass is 564 g/mol. The largest absolute Gasteiger partial charge is 0.422 e. The van der Waals surface area contributed by atoms with Gasteiger partial charge in [0.2, 0.25) is 0 Å². The molecule has 1 amide bonds. The first-order chi connectivity index (χ1) is 17.3. The Balaban J connectivity index is 1.74. The van der Waals surface area contributed by atoms with Crippen LogP contribution in [0.2, 0.25) is 5.02 Å². The van der Waals surface area contributed by atoms with Crippen molar-refractivity contribution in [1.29, 1.82) is 0 Å². The summed E-state index contributed by atoms with van der Waals surface area (Å²) in [4.78, 5) is 36.7. The molecule has 0 aliphatic heterocycles. The molecular weight excluding hydrogens is 548 g/mol. The van der Waals surface area contributed by atoms with E-state index in [1.165, 1.54) is 18.2 Å². The smallest absolute Gasteiger partial charge is 0.343 e. The van der Waals surface area contributed by atoms with E-state index in [0.29, 0.717) is 22.0 Å². The van der Waals surface area contributed by atoms with E-state index in [2.05, 4.69) is 21.2 Å². The van der Waals surface area contributed by atoms with Crippen LogP contribution in [0.1, 0.15) is 31.8 Å². The fraction of sp³-hybridized carbons (Fsp3) is 0.0370. The SMILES string of the molecule is O=C(Oc1c(Cc2ccccc2)cc(Br)cc1C(=O)Nc1ccc([N+](=O)[O-])cc1Cl)c1ccccc1. The summed E-state index contributed by atoms with van der Waals surface area (Å²) in [6.45, 7) is 0. The molecule has 0 aromatic heterocycles. The number of carbonyl (C=O) groups excluding carboxylic acids is 2. The zero-order chi connectivity index (χ0) is 25.7. The predicted molar refractivity (Wildman–Crippen MR) is 141 cm³/mol. The van der Waals surface area contributed by atoms with Crippen LogP contribution in [-0.2, 0) is 6.42 Å². The van der Waals surface area contributed by atoms with Gasteiger partial charge in [-0.25, -0.2) is 4.79 Å². The lowest BCUT2D eigenvalue weighted by molar-refractivity contribution is -0.384. The molecular formula is C27H18BrClN2O5. The van der Waals surface area contributed by atoms with Crippen LogP contribution in [0.5, 0.6) is 5.75 Å². The number of ether oxygens (including phenoxy) is 1. The van der Waals surface area contributed by atoms with E-state index in [0.717, 1.165) is 11.6 Å². The van der Waals surface area contributed by atoms with Gasteiger partial charge >= 0.3 is 5.97 Å². The number of amides is 1. The fourth-order valence-corrected chi connectivity index (χ4v) is 4.25. The molecule has 0 unspecified atom stereocenters. The number of nitro benzene ring substituents is 1.